The molecule has 3 aliphatic heterocycles. The van der Waals surface area contributed by atoms with Crippen molar-refractivity contribution in [3.63, 3.8) is 0 Å². The molecule has 3 rings (SSSR count). The number of quaternary nitrogens is 1. The van der Waals surface area contributed by atoms with Gasteiger partial charge >= 0.3 is 7.82 Å². The van der Waals surface area contributed by atoms with Gasteiger partial charge < -0.3 is 0 Å². The van der Waals surface area contributed by atoms with Crippen molar-refractivity contribution in [2.24, 2.45) is 0 Å². The number of phosphoric ester groups is 1. The molecule has 31 heavy (non-hydrogen) atoms. The van der Waals surface area contributed by atoms with Crippen molar-refractivity contribution in [1.82, 2.24) is 0 Å². The maximum Gasteiger partial charge on any atom is 0.521 e. The van der Waals surface area contributed by atoms with Crippen LogP contribution in [0.3, 0.4) is 0 Å². The number of rotatable bonds is 18. The smallest absolute Gasteiger partial charge is 0.284 e. The van der Waals surface area contributed by atoms with E-state index in [1.807, 2.05) is 7.05 Å². The van der Waals surface area contributed by atoms with Crippen molar-refractivity contribution in [3.8, 4) is 0 Å². The third-order valence-corrected chi connectivity index (χ3v) is 8.87. The van der Waals surface area contributed by atoms with E-state index in [2.05, 4.69) is 13.8 Å². The van der Waals surface area contributed by atoms with Crippen LogP contribution in [0.1, 0.15) is 129 Å². The molecule has 0 spiro atoms. The summed E-state index contributed by atoms with van der Waals surface area (Å²) in [5, 5.41) is 0. The first-order valence-corrected chi connectivity index (χ1v) is 14.9. The van der Waals surface area contributed by atoms with Crippen LogP contribution in [0, 0.1) is 0 Å². The zero-order valence-electron chi connectivity index (χ0n) is 20.8. The Balaban J connectivity index is 1.37. The van der Waals surface area contributed by atoms with Crippen molar-refractivity contribution in [2.45, 2.75) is 142 Å². The molecule has 6 heteroatoms. The Morgan fingerprint density at radius 3 is 1.81 bits per heavy atom. The predicted octanol–water partition coefficient (Wildman–Crippen LogP) is 8.33. The minimum Gasteiger partial charge on any atom is -0.284 e. The molecule has 0 radical (unpaired) electrons. The first-order chi connectivity index (χ1) is 15.0. The first-order valence-electron chi connectivity index (χ1n) is 13.5. The van der Waals surface area contributed by atoms with Crippen molar-refractivity contribution < 1.29 is 22.9 Å². The van der Waals surface area contributed by atoms with Crippen LogP contribution < -0.4 is 0 Å². The van der Waals surface area contributed by atoms with Crippen LogP contribution in [0.5, 0.6) is 0 Å². The third-order valence-electron chi connectivity index (χ3n) is 7.24. The molecule has 184 valence electrons. The van der Waals surface area contributed by atoms with Gasteiger partial charge in [0.15, 0.2) is 0 Å². The van der Waals surface area contributed by atoms with E-state index in [4.69, 9.17) is 13.7 Å². The molecule has 0 aromatic heterocycles. The molecule has 0 N–H and O–H groups in total. The molecule has 0 aliphatic carbocycles. The third kappa shape index (κ3) is 10.7. The molecule has 2 bridgehead atoms. The molecule has 5 nitrogen and oxygen atoms in total. The summed E-state index contributed by atoms with van der Waals surface area (Å²) in [5.74, 6) is 0. The van der Waals surface area contributed by atoms with Gasteiger partial charge in [0.25, 0.3) is 0 Å². The van der Waals surface area contributed by atoms with Crippen LogP contribution in [0.15, 0.2) is 0 Å². The Labute approximate surface area is 192 Å². The van der Waals surface area contributed by atoms with E-state index in [0.29, 0.717) is 17.3 Å². The Morgan fingerprint density at radius 2 is 1.32 bits per heavy atom. The Hall–Kier alpha value is 0.0700. The molecule has 0 saturated carbocycles. The normalized spacial score (nSPS) is 30.5. The van der Waals surface area contributed by atoms with Crippen molar-refractivity contribution in [1.29, 1.82) is 0 Å². The van der Waals surface area contributed by atoms with E-state index in [-0.39, 0.29) is 6.10 Å². The highest BCUT2D eigenvalue weighted by Gasteiger charge is 2.52. The average molecular weight is 461 g/mol. The topological polar surface area (TPSA) is 44.8 Å². The second-order valence-electron chi connectivity index (χ2n) is 10.2. The molecule has 4 unspecified atom stereocenters. The van der Waals surface area contributed by atoms with Crippen LogP contribution in [0.2, 0.25) is 0 Å². The SMILES string of the molecule is CCCCCCCCCCCCCCCCCCOP1(=O)OC2CC[N+](C)(O1)C(C)C2. The largest absolute Gasteiger partial charge is 0.521 e. The molecule has 3 saturated heterocycles. The van der Waals surface area contributed by atoms with Gasteiger partial charge in [0.2, 0.25) is 0 Å². The van der Waals surface area contributed by atoms with Crippen LogP contribution >= 0.6 is 7.82 Å². The molecular weight excluding hydrogens is 409 g/mol. The van der Waals surface area contributed by atoms with Crippen molar-refractivity contribution >= 4 is 7.82 Å². The Kier molecular flexibility index (Phi) is 13.3. The van der Waals surface area contributed by atoms with Crippen LogP contribution in [0.25, 0.3) is 0 Å². The van der Waals surface area contributed by atoms with Gasteiger partial charge in [0.1, 0.15) is 12.6 Å². The van der Waals surface area contributed by atoms with E-state index in [0.717, 1.165) is 32.2 Å². The highest BCUT2D eigenvalue weighted by atomic mass is 31.2. The van der Waals surface area contributed by atoms with Gasteiger partial charge in [0.05, 0.1) is 19.8 Å². The van der Waals surface area contributed by atoms with E-state index < -0.39 is 7.82 Å². The lowest BCUT2D eigenvalue weighted by Gasteiger charge is -2.37. The number of piperidine rings is 1. The molecule has 3 heterocycles. The number of unbranched alkanes of at least 4 members (excludes halogenated alkanes) is 15. The van der Waals surface area contributed by atoms with E-state index >= 15 is 0 Å². The van der Waals surface area contributed by atoms with Crippen molar-refractivity contribution in [3.05, 3.63) is 0 Å². The van der Waals surface area contributed by atoms with E-state index in [1.54, 1.807) is 0 Å². The molecular formula is C25H51NO4P+. The van der Waals surface area contributed by atoms with Gasteiger partial charge in [-0.25, -0.2) is 4.57 Å². The second kappa shape index (κ2) is 15.1. The number of hydroxylamine groups is 3. The minimum atomic E-state index is -3.43. The summed E-state index contributed by atoms with van der Waals surface area (Å²) in [5.41, 5.74) is 0. The number of nitrogens with zero attached hydrogens (tertiary/aromatic N) is 1. The summed E-state index contributed by atoms with van der Waals surface area (Å²) in [7, 11) is -1.43. The summed E-state index contributed by atoms with van der Waals surface area (Å²) in [6.45, 7) is 5.74. The van der Waals surface area contributed by atoms with Gasteiger partial charge in [-0.15, -0.1) is 0 Å². The fourth-order valence-electron chi connectivity index (χ4n) is 4.87. The maximum atomic E-state index is 12.9. The van der Waals surface area contributed by atoms with Gasteiger partial charge in [-0.1, -0.05) is 108 Å². The Bertz CT molecular complexity index is 518. The number of hydrogen-bond acceptors (Lipinski definition) is 4. The Morgan fingerprint density at radius 1 is 0.839 bits per heavy atom. The number of fused-ring (bicyclic) bond motifs is 4. The van der Waals surface area contributed by atoms with E-state index in [9.17, 15) is 4.57 Å². The fraction of sp³-hybridized carbons (Fsp3) is 1.00. The highest BCUT2D eigenvalue weighted by Crippen LogP contribution is 2.58. The number of phosphoric acid groups is 1. The fourth-order valence-corrected chi connectivity index (χ4v) is 6.63. The highest BCUT2D eigenvalue weighted by molar-refractivity contribution is 7.48. The lowest BCUT2D eigenvalue weighted by Crippen LogP contribution is -2.53. The lowest BCUT2D eigenvalue weighted by molar-refractivity contribution is -1.09. The van der Waals surface area contributed by atoms with Gasteiger partial charge in [-0.05, 0) is 13.3 Å². The number of hydrogen-bond donors (Lipinski definition) is 0. The van der Waals surface area contributed by atoms with E-state index in [1.165, 1.54) is 89.9 Å². The maximum absolute atomic E-state index is 12.9. The summed E-state index contributed by atoms with van der Waals surface area (Å²) in [4.78, 5) is 0. The summed E-state index contributed by atoms with van der Waals surface area (Å²) < 4.78 is 30.6. The molecule has 3 fully saturated rings. The van der Waals surface area contributed by atoms with Gasteiger partial charge in [-0.2, -0.15) is 4.65 Å². The van der Waals surface area contributed by atoms with Crippen molar-refractivity contribution in [2.75, 3.05) is 20.2 Å². The molecule has 0 aromatic rings. The summed E-state index contributed by atoms with van der Waals surface area (Å²) >= 11 is 0. The molecule has 4 atom stereocenters. The zero-order valence-corrected chi connectivity index (χ0v) is 21.7. The monoisotopic (exact) mass is 460 g/mol. The first kappa shape index (κ1) is 27.3. The van der Waals surface area contributed by atoms with Crippen LogP contribution in [-0.2, 0) is 18.2 Å². The lowest BCUT2D eigenvalue weighted by atomic mass is 10.0. The summed E-state index contributed by atoms with van der Waals surface area (Å²) in [6, 6.07) is 0.300. The van der Waals surface area contributed by atoms with Crippen LogP contribution in [-0.4, -0.2) is 37.0 Å². The quantitative estimate of drug-likeness (QED) is 0.117. The van der Waals surface area contributed by atoms with Crippen LogP contribution in [0.4, 0.5) is 0 Å². The van der Waals surface area contributed by atoms with Gasteiger partial charge in [-0.3, -0.25) is 9.05 Å². The van der Waals surface area contributed by atoms with Gasteiger partial charge in [0, 0.05) is 12.8 Å². The average Bonchev–Trinajstić information content (AvgIpc) is 2.92. The molecule has 3 aliphatic rings. The zero-order chi connectivity index (χ0) is 22.4. The molecule has 0 amide bonds. The standard InChI is InChI=1S/C25H51NO4P/c1-4-5-6-7-8-9-10-11-12-13-14-15-16-17-18-19-22-28-31(27)29-25-20-21-26(3,30-31)24(2)23-25/h24-25H,4-23H2,1-3H3/q+1. The molecule has 0 aromatic carbocycles. The second-order valence-corrected chi connectivity index (χ2v) is 11.7. The predicted molar refractivity (Wildman–Crippen MR) is 129 cm³/mol. The summed E-state index contributed by atoms with van der Waals surface area (Å²) in [6.07, 6.45) is 23.3. The minimum absolute atomic E-state index is 0.0142.